The minimum Gasteiger partial charge on any atom is -0.475 e. The van der Waals surface area contributed by atoms with Crippen LogP contribution in [-0.4, -0.2) is 28.3 Å². The fraction of sp³-hybridized carbons (Fsp3) is 0.667. The standard InChI is InChI=1S/C15H23NO4/c1-10-5-7-15(9-17,8-6-10)16-11(2)12-3-4-13(20-12)14(18)19/h3-4,10-11,16-17H,5-9H2,1-2H3,(H,18,19). The fourth-order valence-corrected chi connectivity index (χ4v) is 2.89. The summed E-state index contributed by atoms with van der Waals surface area (Å²) in [6, 6.07) is 3.02. The summed E-state index contributed by atoms with van der Waals surface area (Å²) < 4.78 is 5.32. The minimum absolute atomic E-state index is 0.0519. The van der Waals surface area contributed by atoms with Gasteiger partial charge in [-0.1, -0.05) is 6.92 Å². The highest BCUT2D eigenvalue weighted by molar-refractivity contribution is 5.84. The predicted octanol–water partition coefficient (Wildman–Crippen LogP) is 2.57. The highest BCUT2D eigenvalue weighted by Crippen LogP contribution is 2.33. The maximum atomic E-state index is 10.8. The number of rotatable bonds is 5. The summed E-state index contributed by atoms with van der Waals surface area (Å²) in [5.41, 5.74) is -0.276. The molecule has 0 aliphatic heterocycles. The van der Waals surface area contributed by atoms with Gasteiger partial charge in [0.15, 0.2) is 0 Å². The van der Waals surface area contributed by atoms with Gasteiger partial charge in [0.2, 0.25) is 5.76 Å². The molecule has 1 unspecified atom stereocenters. The molecule has 0 spiro atoms. The second-order valence-corrected chi connectivity index (χ2v) is 5.99. The number of aromatic carboxylic acids is 1. The van der Waals surface area contributed by atoms with Crippen LogP contribution >= 0.6 is 0 Å². The van der Waals surface area contributed by atoms with E-state index in [4.69, 9.17) is 9.52 Å². The van der Waals surface area contributed by atoms with Crippen molar-refractivity contribution in [2.45, 2.75) is 51.1 Å². The van der Waals surface area contributed by atoms with Crippen molar-refractivity contribution in [2.24, 2.45) is 5.92 Å². The summed E-state index contributed by atoms with van der Waals surface area (Å²) >= 11 is 0. The van der Waals surface area contributed by atoms with Crippen molar-refractivity contribution in [3.8, 4) is 0 Å². The van der Waals surface area contributed by atoms with Crippen LogP contribution in [0.2, 0.25) is 0 Å². The van der Waals surface area contributed by atoms with Gasteiger partial charge in [-0.05, 0) is 50.7 Å². The van der Waals surface area contributed by atoms with E-state index in [1.807, 2.05) is 6.92 Å². The molecule has 1 aromatic rings. The first-order chi connectivity index (χ1) is 9.46. The van der Waals surface area contributed by atoms with Crippen LogP contribution < -0.4 is 5.32 Å². The molecule has 0 aromatic carbocycles. The van der Waals surface area contributed by atoms with Crippen molar-refractivity contribution in [1.82, 2.24) is 5.32 Å². The predicted molar refractivity (Wildman–Crippen MR) is 74.7 cm³/mol. The minimum atomic E-state index is -1.06. The van der Waals surface area contributed by atoms with Crippen LogP contribution in [0.5, 0.6) is 0 Å². The molecule has 1 saturated carbocycles. The van der Waals surface area contributed by atoms with Crippen LogP contribution in [0, 0.1) is 5.92 Å². The first-order valence-electron chi connectivity index (χ1n) is 7.17. The third-order valence-electron chi connectivity index (χ3n) is 4.32. The Hall–Kier alpha value is -1.33. The van der Waals surface area contributed by atoms with Crippen LogP contribution in [0.4, 0.5) is 0 Å². The summed E-state index contributed by atoms with van der Waals surface area (Å²) in [5, 5.41) is 22.0. The van der Waals surface area contributed by atoms with Gasteiger partial charge in [0.1, 0.15) is 5.76 Å². The first kappa shape index (κ1) is 15.1. The lowest BCUT2D eigenvalue weighted by Gasteiger charge is -2.40. The molecule has 3 N–H and O–H groups in total. The largest absolute Gasteiger partial charge is 0.475 e. The molecule has 1 aromatic heterocycles. The van der Waals surface area contributed by atoms with Crippen molar-refractivity contribution in [3.63, 3.8) is 0 Å². The van der Waals surface area contributed by atoms with Gasteiger partial charge in [-0.3, -0.25) is 5.32 Å². The molecule has 0 amide bonds. The zero-order valence-corrected chi connectivity index (χ0v) is 12.1. The number of hydrogen-bond donors (Lipinski definition) is 3. The molecule has 1 heterocycles. The molecule has 0 saturated heterocycles. The molecule has 1 fully saturated rings. The fourth-order valence-electron chi connectivity index (χ4n) is 2.89. The van der Waals surface area contributed by atoms with Crippen molar-refractivity contribution in [1.29, 1.82) is 0 Å². The van der Waals surface area contributed by atoms with E-state index in [1.165, 1.54) is 6.07 Å². The number of furan rings is 1. The van der Waals surface area contributed by atoms with E-state index in [0.29, 0.717) is 11.7 Å². The monoisotopic (exact) mass is 281 g/mol. The Kier molecular flexibility index (Phi) is 4.50. The van der Waals surface area contributed by atoms with Gasteiger partial charge in [0, 0.05) is 5.54 Å². The maximum Gasteiger partial charge on any atom is 0.371 e. The summed E-state index contributed by atoms with van der Waals surface area (Å²) in [7, 11) is 0. The van der Waals surface area contributed by atoms with Gasteiger partial charge >= 0.3 is 5.97 Å². The Labute approximate surface area is 119 Å². The Morgan fingerprint density at radius 2 is 2.15 bits per heavy atom. The first-order valence-corrected chi connectivity index (χ1v) is 7.17. The summed E-state index contributed by atoms with van der Waals surface area (Å²) in [6.45, 7) is 4.26. The van der Waals surface area contributed by atoms with E-state index >= 15 is 0 Å². The molecule has 1 atom stereocenters. The van der Waals surface area contributed by atoms with Crippen molar-refractivity contribution >= 4 is 5.97 Å². The number of carboxylic acids is 1. The zero-order valence-electron chi connectivity index (χ0n) is 12.1. The van der Waals surface area contributed by atoms with E-state index < -0.39 is 5.97 Å². The molecular weight excluding hydrogens is 258 g/mol. The third-order valence-corrected chi connectivity index (χ3v) is 4.32. The second-order valence-electron chi connectivity index (χ2n) is 5.99. The molecule has 112 valence electrons. The highest BCUT2D eigenvalue weighted by atomic mass is 16.4. The number of nitrogens with one attached hydrogen (secondary N) is 1. The topological polar surface area (TPSA) is 82.7 Å². The summed E-state index contributed by atoms with van der Waals surface area (Å²) in [5.74, 6) is 0.179. The molecule has 5 nitrogen and oxygen atoms in total. The van der Waals surface area contributed by atoms with Crippen LogP contribution in [-0.2, 0) is 0 Å². The third kappa shape index (κ3) is 3.22. The summed E-state index contributed by atoms with van der Waals surface area (Å²) in [4.78, 5) is 10.8. The van der Waals surface area contributed by atoms with Crippen LogP contribution in [0.15, 0.2) is 16.5 Å². The Bertz CT molecular complexity index is 460. The zero-order chi connectivity index (χ0) is 14.8. The lowest BCUT2D eigenvalue weighted by Crippen LogP contribution is -2.51. The lowest BCUT2D eigenvalue weighted by atomic mass is 9.77. The molecule has 1 aliphatic rings. The number of aliphatic hydroxyl groups excluding tert-OH is 1. The van der Waals surface area contributed by atoms with E-state index in [2.05, 4.69) is 12.2 Å². The molecule has 0 radical (unpaired) electrons. The average Bonchev–Trinajstić information content (AvgIpc) is 2.92. The Morgan fingerprint density at radius 3 is 2.65 bits per heavy atom. The van der Waals surface area contributed by atoms with Gasteiger partial charge < -0.3 is 14.6 Å². The van der Waals surface area contributed by atoms with Crippen LogP contribution in [0.1, 0.15) is 61.9 Å². The number of carboxylic acid groups (broad SMARTS) is 1. The second kappa shape index (κ2) is 5.97. The van der Waals surface area contributed by atoms with Crippen molar-refractivity contribution in [3.05, 3.63) is 23.7 Å². The van der Waals surface area contributed by atoms with Crippen molar-refractivity contribution < 1.29 is 19.4 Å². The highest BCUT2D eigenvalue weighted by Gasteiger charge is 2.35. The molecule has 1 aliphatic carbocycles. The molecule has 2 rings (SSSR count). The van der Waals surface area contributed by atoms with Crippen LogP contribution in [0.3, 0.4) is 0 Å². The number of hydrogen-bond acceptors (Lipinski definition) is 4. The van der Waals surface area contributed by atoms with E-state index in [-0.39, 0.29) is 23.9 Å². The lowest BCUT2D eigenvalue weighted by molar-refractivity contribution is 0.0655. The number of carbonyl (C=O) groups is 1. The maximum absolute atomic E-state index is 10.8. The number of aliphatic hydroxyl groups is 1. The molecule has 0 bridgehead atoms. The quantitative estimate of drug-likeness (QED) is 0.772. The normalized spacial score (nSPS) is 28.2. The molecular formula is C15H23NO4. The smallest absolute Gasteiger partial charge is 0.371 e. The average molecular weight is 281 g/mol. The van der Waals surface area contributed by atoms with E-state index in [1.54, 1.807) is 6.07 Å². The Balaban J connectivity index is 2.04. The van der Waals surface area contributed by atoms with Gasteiger partial charge in [-0.2, -0.15) is 0 Å². The van der Waals surface area contributed by atoms with Crippen LogP contribution in [0.25, 0.3) is 0 Å². The van der Waals surface area contributed by atoms with E-state index in [0.717, 1.165) is 25.7 Å². The molecule has 20 heavy (non-hydrogen) atoms. The van der Waals surface area contributed by atoms with Gasteiger partial charge in [0.25, 0.3) is 0 Å². The van der Waals surface area contributed by atoms with Gasteiger partial charge in [-0.25, -0.2) is 4.79 Å². The molecule has 5 heteroatoms. The van der Waals surface area contributed by atoms with Gasteiger partial charge in [-0.15, -0.1) is 0 Å². The van der Waals surface area contributed by atoms with Gasteiger partial charge in [0.05, 0.1) is 12.6 Å². The van der Waals surface area contributed by atoms with Crippen molar-refractivity contribution in [2.75, 3.05) is 6.61 Å². The Morgan fingerprint density at radius 1 is 1.50 bits per heavy atom. The summed E-state index contributed by atoms with van der Waals surface area (Å²) in [6.07, 6.45) is 4.06. The van der Waals surface area contributed by atoms with E-state index in [9.17, 15) is 9.90 Å². The SMILES string of the molecule is CC1CCC(CO)(NC(C)c2ccc(C(=O)O)o2)CC1.